The minimum Gasteiger partial charge on any atom is -0.309 e. The van der Waals surface area contributed by atoms with Gasteiger partial charge in [-0.3, -0.25) is 4.79 Å². The topological polar surface area (TPSA) is 20.3 Å². The average Bonchev–Trinajstić information content (AvgIpc) is 2.34. The fraction of sp³-hybridized carbons (Fsp3) is 0.562. The van der Waals surface area contributed by atoms with Gasteiger partial charge in [0.25, 0.3) is 0 Å². The molecule has 0 aromatic heterocycles. The normalized spacial score (nSPS) is 24.5. The van der Waals surface area contributed by atoms with Crippen LogP contribution in [0.5, 0.6) is 0 Å². The molecule has 98 valence electrons. The van der Waals surface area contributed by atoms with Crippen LogP contribution < -0.4 is 0 Å². The standard InChI is InChI=1S/C16H23NO/c1-17(2)12-14-8-9-16(18)15(11-14)10-13-6-4-3-5-7-13/h3-7,14-15H,8-12H2,1-2H3. The van der Waals surface area contributed by atoms with Crippen molar-refractivity contribution in [3.05, 3.63) is 35.9 Å². The molecule has 1 aromatic rings. The van der Waals surface area contributed by atoms with Crippen LogP contribution in [0.3, 0.4) is 0 Å². The lowest BCUT2D eigenvalue weighted by Gasteiger charge is -2.30. The molecule has 0 radical (unpaired) electrons. The van der Waals surface area contributed by atoms with E-state index in [1.54, 1.807) is 0 Å². The molecule has 0 spiro atoms. The summed E-state index contributed by atoms with van der Waals surface area (Å²) in [5.41, 5.74) is 1.29. The molecule has 0 N–H and O–H groups in total. The predicted octanol–water partition coefficient (Wildman–Crippen LogP) is 2.78. The van der Waals surface area contributed by atoms with Crippen molar-refractivity contribution < 1.29 is 4.79 Å². The Balaban J connectivity index is 1.95. The Kier molecular flexibility index (Phi) is 4.54. The third-order valence-electron chi connectivity index (χ3n) is 3.82. The first kappa shape index (κ1) is 13.3. The lowest BCUT2D eigenvalue weighted by molar-refractivity contribution is -0.125. The van der Waals surface area contributed by atoms with Gasteiger partial charge < -0.3 is 4.90 Å². The molecule has 0 saturated heterocycles. The van der Waals surface area contributed by atoms with E-state index >= 15 is 0 Å². The molecule has 1 aliphatic carbocycles. The number of ketones is 1. The van der Waals surface area contributed by atoms with Crippen molar-refractivity contribution in [1.82, 2.24) is 4.90 Å². The molecule has 18 heavy (non-hydrogen) atoms. The average molecular weight is 245 g/mol. The van der Waals surface area contributed by atoms with Crippen molar-refractivity contribution in [3.8, 4) is 0 Å². The van der Waals surface area contributed by atoms with Crippen LogP contribution in [0, 0.1) is 11.8 Å². The number of carbonyl (C=O) groups excluding carboxylic acids is 1. The van der Waals surface area contributed by atoms with E-state index in [-0.39, 0.29) is 5.92 Å². The lowest BCUT2D eigenvalue weighted by atomic mass is 9.77. The number of nitrogens with zero attached hydrogens (tertiary/aromatic N) is 1. The second-order valence-corrected chi connectivity index (χ2v) is 5.76. The SMILES string of the molecule is CN(C)CC1CCC(=O)C(Cc2ccccc2)C1. The van der Waals surface area contributed by atoms with Crippen LogP contribution in [0.1, 0.15) is 24.8 Å². The summed E-state index contributed by atoms with van der Waals surface area (Å²) in [5.74, 6) is 1.39. The Morgan fingerprint density at radius 3 is 2.61 bits per heavy atom. The molecule has 0 bridgehead atoms. The van der Waals surface area contributed by atoms with E-state index in [1.165, 1.54) is 5.56 Å². The summed E-state index contributed by atoms with van der Waals surface area (Å²) in [7, 11) is 4.23. The Morgan fingerprint density at radius 2 is 1.94 bits per heavy atom. The molecule has 2 nitrogen and oxygen atoms in total. The first-order valence-corrected chi connectivity index (χ1v) is 6.86. The third kappa shape index (κ3) is 3.67. The molecule has 2 atom stereocenters. The van der Waals surface area contributed by atoms with Gasteiger partial charge in [-0.05, 0) is 44.8 Å². The van der Waals surface area contributed by atoms with Gasteiger partial charge in [0.2, 0.25) is 0 Å². The highest BCUT2D eigenvalue weighted by Crippen LogP contribution is 2.29. The van der Waals surface area contributed by atoms with E-state index in [0.29, 0.717) is 11.7 Å². The smallest absolute Gasteiger partial charge is 0.136 e. The summed E-state index contributed by atoms with van der Waals surface area (Å²) >= 11 is 0. The molecule has 1 aromatic carbocycles. The molecule has 1 fully saturated rings. The van der Waals surface area contributed by atoms with Crippen molar-refractivity contribution in [2.45, 2.75) is 25.7 Å². The van der Waals surface area contributed by atoms with Gasteiger partial charge >= 0.3 is 0 Å². The summed E-state index contributed by atoms with van der Waals surface area (Å²) in [4.78, 5) is 14.3. The Labute approximate surface area is 110 Å². The van der Waals surface area contributed by atoms with E-state index in [9.17, 15) is 4.79 Å². The van der Waals surface area contributed by atoms with Crippen molar-refractivity contribution in [3.63, 3.8) is 0 Å². The maximum Gasteiger partial charge on any atom is 0.136 e. The highest BCUT2D eigenvalue weighted by atomic mass is 16.1. The van der Waals surface area contributed by atoms with Gasteiger partial charge in [-0.15, -0.1) is 0 Å². The molecule has 2 unspecified atom stereocenters. The summed E-state index contributed by atoms with van der Waals surface area (Å²) in [6.07, 6.45) is 3.83. The van der Waals surface area contributed by atoms with E-state index in [1.807, 2.05) is 6.07 Å². The second kappa shape index (κ2) is 6.14. The van der Waals surface area contributed by atoms with E-state index in [4.69, 9.17) is 0 Å². The zero-order valence-corrected chi connectivity index (χ0v) is 11.4. The van der Waals surface area contributed by atoms with Gasteiger partial charge in [0.15, 0.2) is 0 Å². The molecule has 2 rings (SSSR count). The quantitative estimate of drug-likeness (QED) is 0.813. The molecule has 0 heterocycles. The minimum absolute atomic E-state index is 0.242. The van der Waals surface area contributed by atoms with Crippen LogP contribution in [0.4, 0.5) is 0 Å². The zero-order chi connectivity index (χ0) is 13.0. The van der Waals surface area contributed by atoms with Crippen molar-refractivity contribution in [2.24, 2.45) is 11.8 Å². The molecule has 1 saturated carbocycles. The highest BCUT2D eigenvalue weighted by molar-refractivity contribution is 5.82. The number of hydrogen-bond acceptors (Lipinski definition) is 2. The summed E-state index contributed by atoms with van der Waals surface area (Å²) in [5, 5.41) is 0. The fourth-order valence-electron chi connectivity index (χ4n) is 2.98. The van der Waals surface area contributed by atoms with Gasteiger partial charge in [-0.2, -0.15) is 0 Å². The third-order valence-corrected chi connectivity index (χ3v) is 3.82. The number of hydrogen-bond donors (Lipinski definition) is 0. The maximum absolute atomic E-state index is 12.0. The first-order valence-electron chi connectivity index (χ1n) is 6.86. The molecule has 0 amide bonds. The number of benzene rings is 1. The van der Waals surface area contributed by atoms with E-state index in [2.05, 4.69) is 43.3 Å². The van der Waals surface area contributed by atoms with Gasteiger partial charge in [0.05, 0.1) is 0 Å². The molecular formula is C16H23NO. The fourth-order valence-corrected chi connectivity index (χ4v) is 2.98. The molecular weight excluding hydrogens is 222 g/mol. The van der Waals surface area contributed by atoms with Gasteiger partial charge in [0, 0.05) is 18.9 Å². The summed E-state index contributed by atoms with van der Waals surface area (Å²) in [6.45, 7) is 1.11. The van der Waals surface area contributed by atoms with Crippen LogP contribution >= 0.6 is 0 Å². The lowest BCUT2D eigenvalue weighted by Crippen LogP contribution is -2.32. The van der Waals surface area contributed by atoms with Crippen molar-refractivity contribution in [1.29, 1.82) is 0 Å². The van der Waals surface area contributed by atoms with Crippen molar-refractivity contribution >= 4 is 5.78 Å². The van der Waals surface area contributed by atoms with E-state index in [0.717, 1.165) is 32.2 Å². The molecule has 0 aliphatic heterocycles. The van der Waals surface area contributed by atoms with Crippen molar-refractivity contribution in [2.75, 3.05) is 20.6 Å². The van der Waals surface area contributed by atoms with Crippen LogP contribution in [0.25, 0.3) is 0 Å². The van der Waals surface area contributed by atoms with Crippen LogP contribution in [0.2, 0.25) is 0 Å². The Hall–Kier alpha value is -1.15. The monoisotopic (exact) mass is 245 g/mol. The van der Waals surface area contributed by atoms with Crippen LogP contribution in [-0.4, -0.2) is 31.3 Å². The van der Waals surface area contributed by atoms with Gasteiger partial charge in [-0.25, -0.2) is 0 Å². The van der Waals surface area contributed by atoms with Crippen LogP contribution in [-0.2, 0) is 11.2 Å². The summed E-state index contributed by atoms with van der Waals surface area (Å²) in [6, 6.07) is 10.4. The number of Topliss-reactive ketones (excluding diaryl/α,β-unsaturated/α-hetero) is 1. The maximum atomic E-state index is 12.0. The minimum atomic E-state index is 0.242. The Morgan fingerprint density at radius 1 is 1.22 bits per heavy atom. The van der Waals surface area contributed by atoms with Crippen LogP contribution in [0.15, 0.2) is 30.3 Å². The number of carbonyl (C=O) groups is 1. The predicted molar refractivity (Wildman–Crippen MR) is 74.5 cm³/mol. The van der Waals surface area contributed by atoms with E-state index < -0.39 is 0 Å². The molecule has 2 heteroatoms. The first-order chi connectivity index (χ1) is 8.65. The Bertz CT molecular complexity index is 385. The second-order valence-electron chi connectivity index (χ2n) is 5.76. The largest absolute Gasteiger partial charge is 0.309 e. The highest BCUT2D eigenvalue weighted by Gasteiger charge is 2.28. The van der Waals surface area contributed by atoms with Gasteiger partial charge in [0.1, 0.15) is 5.78 Å². The van der Waals surface area contributed by atoms with Gasteiger partial charge in [-0.1, -0.05) is 30.3 Å². The molecule has 1 aliphatic rings. The zero-order valence-electron chi connectivity index (χ0n) is 11.4. The number of rotatable bonds is 4. The summed E-state index contributed by atoms with van der Waals surface area (Å²) < 4.78 is 0.